The van der Waals surface area contributed by atoms with Gasteiger partial charge in [-0.25, -0.2) is 15.3 Å². The number of thioether (sulfide) groups is 1. The molecule has 0 saturated carbocycles. The number of methoxy groups -OCH3 is 3. The summed E-state index contributed by atoms with van der Waals surface area (Å²) >= 11 is 0.880. The maximum absolute atomic E-state index is 12.2. The van der Waals surface area contributed by atoms with Crippen molar-refractivity contribution in [3.05, 3.63) is 38.5 Å². The number of aromatic amines is 2. The summed E-state index contributed by atoms with van der Waals surface area (Å²) in [5.41, 5.74) is 1.53. The van der Waals surface area contributed by atoms with Gasteiger partial charge in [-0.2, -0.15) is 10.2 Å². The Morgan fingerprint density at radius 2 is 1.82 bits per heavy atom. The molecule has 0 aliphatic heterocycles. The van der Waals surface area contributed by atoms with Gasteiger partial charge in [0.2, 0.25) is 0 Å². The number of hydrazone groups is 1. The van der Waals surface area contributed by atoms with Crippen LogP contribution in [0.25, 0.3) is 0 Å². The molecule has 1 atom stereocenters. The van der Waals surface area contributed by atoms with Crippen molar-refractivity contribution in [2.75, 3.05) is 21.3 Å². The van der Waals surface area contributed by atoms with E-state index in [9.17, 15) is 14.4 Å². The average molecular weight is 409 g/mol. The average Bonchev–Trinajstić information content (AvgIpc) is 2.69. The van der Waals surface area contributed by atoms with E-state index in [-0.39, 0.29) is 5.03 Å². The van der Waals surface area contributed by atoms with E-state index >= 15 is 0 Å². The number of carbonyl (C=O) groups excluding carboxylic acids is 1. The Hall–Kier alpha value is -3.28. The molecule has 3 N–H and O–H groups in total. The van der Waals surface area contributed by atoms with Crippen LogP contribution in [-0.2, 0) is 4.79 Å². The van der Waals surface area contributed by atoms with E-state index in [1.807, 2.05) is 4.98 Å². The third-order valence-electron chi connectivity index (χ3n) is 3.45. The molecule has 1 aromatic heterocycles. The predicted octanol–water partition coefficient (Wildman–Crippen LogP) is 0.115. The minimum Gasteiger partial charge on any atom is -0.496 e. The number of hydrogen-bond acceptors (Lipinski definition) is 9. The summed E-state index contributed by atoms with van der Waals surface area (Å²) in [4.78, 5) is 36.8. The zero-order valence-corrected chi connectivity index (χ0v) is 16.4. The molecule has 1 amide bonds. The molecular formula is C16H19N5O6S. The van der Waals surface area contributed by atoms with Crippen LogP contribution in [0.15, 0.2) is 31.8 Å². The molecule has 11 nitrogen and oxygen atoms in total. The van der Waals surface area contributed by atoms with Gasteiger partial charge in [-0.1, -0.05) is 11.8 Å². The van der Waals surface area contributed by atoms with E-state index in [0.717, 1.165) is 11.8 Å². The molecule has 0 bridgehead atoms. The Bertz CT molecular complexity index is 986. The molecule has 1 heterocycles. The van der Waals surface area contributed by atoms with Crippen molar-refractivity contribution >= 4 is 23.9 Å². The smallest absolute Gasteiger partial charge is 0.342 e. The zero-order chi connectivity index (χ0) is 20.7. The molecule has 2 rings (SSSR count). The number of carbonyl (C=O) groups is 1. The maximum Gasteiger partial charge on any atom is 0.342 e. The largest absolute Gasteiger partial charge is 0.496 e. The van der Waals surface area contributed by atoms with Crippen molar-refractivity contribution < 1.29 is 19.0 Å². The maximum atomic E-state index is 12.2. The summed E-state index contributed by atoms with van der Waals surface area (Å²) in [5.74, 6) is 0.975. The first-order valence-corrected chi connectivity index (χ1v) is 8.76. The number of rotatable bonds is 8. The van der Waals surface area contributed by atoms with Gasteiger partial charge in [-0.05, 0) is 13.0 Å². The Morgan fingerprint density at radius 3 is 2.43 bits per heavy atom. The van der Waals surface area contributed by atoms with Crippen LogP contribution in [0.5, 0.6) is 17.2 Å². The third-order valence-corrected chi connectivity index (χ3v) is 4.52. The molecule has 0 fully saturated rings. The molecule has 0 aliphatic rings. The van der Waals surface area contributed by atoms with Gasteiger partial charge in [0, 0.05) is 11.6 Å². The molecule has 0 radical (unpaired) electrons. The summed E-state index contributed by atoms with van der Waals surface area (Å²) in [5, 5.41) is 8.89. The number of nitrogens with one attached hydrogen (secondary N) is 3. The first-order valence-electron chi connectivity index (χ1n) is 7.88. The summed E-state index contributed by atoms with van der Waals surface area (Å²) < 4.78 is 15.7. The quantitative estimate of drug-likeness (QED) is 0.316. The van der Waals surface area contributed by atoms with Crippen molar-refractivity contribution in [3.63, 3.8) is 0 Å². The summed E-state index contributed by atoms with van der Waals surface area (Å²) in [7, 11) is 4.50. The molecule has 150 valence electrons. The number of hydrogen-bond donors (Lipinski definition) is 3. The number of H-pyrrole nitrogens is 2. The van der Waals surface area contributed by atoms with Gasteiger partial charge in [0.25, 0.3) is 11.5 Å². The van der Waals surface area contributed by atoms with E-state index in [2.05, 4.69) is 20.7 Å². The summed E-state index contributed by atoms with van der Waals surface area (Å²) in [6, 6.07) is 3.28. The lowest BCUT2D eigenvalue weighted by Gasteiger charge is -2.12. The topological polar surface area (TPSA) is 148 Å². The summed E-state index contributed by atoms with van der Waals surface area (Å²) in [6.07, 6.45) is 1.39. The lowest BCUT2D eigenvalue weighted by atomic mass is 10.2. The van der Waals surface area contributed by atoms with Crippen LogP contribution in [-0.4, -0.2) is 53.9 Å². The second-order valence-electron chi connectivity index (χ2n) is 5.26. The number of benzene rings is 1. The molecule has 1 unspecified atom stereocenters. The van der Waals surface area contributed by atoms with Gasteiger partial charge >= 0.3 is 5.69 Å². The highest BCUT2D eigenvalue weighted by Gasteiger charge is 2.17. The minimum atomic E-state index is -0.722. The van der Waals surface area contributed by atoms with Crippen LogP contribution in [0.3, 0.4) is 0 Å². The summed E-state index contributed by atoms with van der Waals surface area (Å²) in [6.45, 7) is 1.57. The Morgan fingerprint density at radius 1 is 1.18 bits per heavy atom. The Labute approximate surface area is 163 Å². The van der Waals surface area contributed by atoms with E-state index < -0.39 is 22.4 Å². The van der Waals surface area contributed by atoms with Crippen LogP contribution >= 0.6 is 11.8 Å². The third kappa shape index (κ3) is 5.13. The molecule has 12 heteroatoms. The molecule has 1 aromatic carbocycles. The van der Waals surface area contributed by atoms with E-state index in [1.165, 1.54) is 27.5 Å². The van der Waals surface area contributed by atoms with Gasteiger partial charge in [-0.3, -0.25) is 14.6 Å². The highest BCUT2D eigenvalue weighted by atomic mass is 32.2. The second-order valence-corrected chi connectivity index (χ2v) is 6.58. The van der Waals surface area contributed by atoms with Gasteiger partial charge in [-0.15, -0.1) is 0 Å². The van der Waals surface area contributed by atoms with Crippen LogP contribution in [0.2, 0.25) is 0 Å². The molecule has 0 aliphatic carbocycles. The number of aromatic nitrogens is 3. The fraction of sp³-hybridized carbons (Fsp3) is 0.312. The van der Waals surface area contributed by atoms with Gasteiger partial charge < -0.3 is 14.2 Å². The fourth-order valence-corrected chi connectivity index (χ4v) is 2.80. The fourth-order valence-electron chi connectivity index (χ4n) is 2.05. The first kappa shape index (κ1) is 21.0. The van der Waals surface area contributed by atoms with E-state index in [4.69, 9.17) is 14.2 Å². The predicted molar refractivity (Wildman–Crippen MR) is 103 cm³/mol. The highest BCUT2D eigenvalue weighted by molar-refractivity contribution is 8.00. The Kier molecular flexibility index (Phi) is 7.21. The second kappa shape index (κ2) is 9.60. The Balaban J connectivity index is 2.08. The SMILES string of the molecule is COc1cc(OC)c(OC)cc1/C=N/NC(=O)C(C)Sc1n[nH]c(=O)[nH]c1=O. The van der Waals surface area contributed by atoms with Crippen molar-refractivity contribution in [3.8, 4) is 17.2 Å². The lowest BCUT2D eigenvalue weighted by molar-refractivity contribution is -0.120. The van der Waals surface area contributed by atoms with Crippen LogP contribution < -0.4 is 30.9 Å². The van der Waals surface area contributed by atoms with Crippen molar-refractivity contribution in [1.29, 1.82) is 0 Å². The molecule has 28 heavy (non-hydrogen) atoms. The highest BCUT2D eigenvalue weighted by Crippen LogP contribution is 2.33. The number of amides is 1. The van der Waals surface area contributed by atoms with Crippen molar-refractivity contribution in [2.24, 2.45) is 5.10 Å². The van der Waals surface area contributed by atoms with E-state index in [0.29, 0.717) is 22.8 Å². The molecule has 2 aromatic rings. The lowest BCUT2D eigenvalue weighted by Crippen LogP contribution is -2.30. The van der Waals surface area contributed by atoms with Gasteiger partial charge in [0.1, 0.15) is 5.75 Å². The molecule has 0 saturated heterocycles. The van der Waals surface area contributed by atoms with Crippen LogP contribution in [0, 0.1) is 0 Å². The zero-order valence-electron chi connectivity index (χ0n) is 15.6. The van der Waals surface area contributed by atoms with Gasteiger partial charge in [0.15, 0.2) is 16.5 Å². The standard InChI is InChI=1S/C16H19N5O6S/c1-8(28-15-14(23)18-16(24)21-20-15)13(22)19-17-7-9-5-11(26-3)12(27-4)6-10(9)25-2/h5-8H,1-4H3,(H,19,22)(H2,18,21,23,24)/b17-7+. The van der Waals surface area contributed by atoms with Crippen LogP contribution in [0.4, 0.5) is 0 Å². The molecule has 0 spiro atoms. The first-order chi connectivity index (χ1) is 13.4. The molecular weight excluding hydrogens is 390 g/mol. The van der Waals surface area contributed by atoms with Crippen molar-refractivity contribution in [1.82, 2.24) is 20.6 Å². The number of ether oxygens (including phenoxy) is 3. The monoisotopic (exact) mass is 409 g/mol. The normalized spacial score (nSPS) is 11.9. The number of nitrogens with zero attached hydrogens (tertiary/aromatic N) is 2. The minimum absolute atomic E-state index is 0.0345. The van der Waals surface area contributed by atoms with Crippen LogP contribution in [0.1, 0.15) is 12.5 Å². The van der Waals surface area contributed by atoms with E-state index in [1.54, 1.807) is 19.1 Å². The van der Waals surface area contributed by atoms with Crippen molar-refractivity contribution in [2.45, 2.75) is 17.2 Å². The van der Waals surface area contributed by atoms with Gasteiger partial charge in [0.05, 0.1) is 32.8 Å².